The highest BCUT2D eigenvalue weighted by molar-refractivity contribution is 5.78. The monoisotopic (exact) mass is 351 g/mol. The van der Waals surface area contributed by atoms with Gasteiger partial charge in [0.1, 0.15) is 0 Å². The molecule has 2 unspecified atom stereocenters. The third kappa shape index (κ3) is 3.25. The van der Waals surface area contributed by atoms with Gasteiger partial charge in [0, 0.05) is 48.1 Å². The van der Waals surface area contributed by atoms with Crippen LogP contribution in [0.3, 0.4) is 0 Å². The second kappa shape index (κ2) is 6.25. The highest BCUT2D eigenvalue weighted by Crippen LogP contribution is 2.60. The van der Waals surface area contributed by atoms with Crippen LogP contribution >= 0.6 is 0 Å². The number of nitrogens with zero attached hydrogens (tertiary/aromatic N) is 1. The smallest absolute Gasteiger partial charge is 0.227 e. The summed E-state index contributed by atoms with van der Waals surface area (Å²) in [5.41, 5.74) is -2.10. The SMILES string of the molecule is CCCC(=O)NC12CC3CC(NC(=O)CCC)(C1)CC([N+](=O)[O-])(C3)C2. The molecule has 0 aromatic rings. The predicted octanol–water partition coefficient (Wildman–Crippen LogP) is 2.31. The van der Waals surface area contributed by atoms with Gasteiger partial charge in [-0.25, -0.2) is 0 Å². The number of carbonyl (C=O) groups excluding carboxylic acids is 2. The van der Waals surface area contributed by atoms with Crippen LogP contribution in [0.25, 0.3) is 0 Å². The maximum atomic E-state index is 12.3. The van der Waals surface area contributed by atoms with Crippen LogP contribution in [-0.4, -0.2) is 33.4 Å². The van der Waals surface area contributed by atoms with E-state index < -0.39 is 16.6 Å². The zero-order valence-electron chi connectivity index (χ0n) is 15.2. The second-order valence-electron chi connectivity index (χ2n) is 8.65. The molecule has 25 heavy (non-hydrogen) atoms. The van der Waals surface area contributed by atoms with Crippen molar-refractivity contribution in [3.63, 3.8) is 0 Å². The molecule has 2 amide bonds. The fourth-order valence-electron chi connectivity index (χ4n) is 6.04. The van der Waals surface area contributed by atoms with Crippen molar-refractivity contribution >= 4 is 11.8 Å². The van der Waals surface area contributed by atoms with Crippen molar-refractivity contribution < 1.29 is 14.5 Å². The molecular formula is C18H29N3O4. The maximum Gasteiger partial charge on any atom is 0.227 e. The highest BCUT2D eigenvalue weighted by atomic mass is 16.6. The van der Waals surface area contributed by atoms with Crippen molar-refractivity contribution in [2.24, 2.45) is 5.92 Å². The first-order chi connectivity index (χ1) is 11.8. The van der Waals surface area contributed by atoms with Crippen molar-refractivity contribution in [3.8, 4) is 0 Å². The van der Waals surface area contributed by atoms with Crippen LogP contribution in [0.5, 0.6) is 0 Å². The molecule has 4 fully saturated rings. The molecule has 0 aromatic heterocycles. The molecule has 4 saturated carbocycles. The molecule has 0 saturated heterocycles. The van der Waals surface area contributed by atoms with Crippen LogP contribution in [0, 0.1) is 16.0 Å². The van der Waals surface area contributed by atoms with E-state index in [2.05, 4.69) is 10.6 Å². The summed E-state index contributed by atoms with van der Waals surface area (Å²) < 4.78 is 0. The molecule has 2 atom stereocenters. The summed E-state index contributed by atoms with van der Waals surface area (Å²) in [6.45, 7) is 3.90. The number of hydrogen-bond acceptors (Lipinski definition) is 4. The van der Waals surface area contributed by atoms with Gasteiger partial charge in [-0.3, -0.25) is 19.7 Å². The van der Waals surface area contributed by atoms with Gasteiger partial charge in [0.15, 0.2) is 0 Å². The molecule has 4 rings (SSSR count). The van der Waals surface area contributed by atoms with Gasteiger partial charge in [0.2, 0.25) is 17.4 Å². The number of amides is 2. The van der Waals surface area contributed by atoms with Gasteiger partial charge in [0.05, 0.1) is 0 Å². The van der Waals surface area contributed by atoms with Gasteiger partial charge in [0.25, 0.3) is 0 Å². The van der Waals surface area contributed by atoms with Crippen molar-refractivity contribution in [1.29, 1.82) is 0 Å². The summed E-state index contributed by atoms with van der Waals surface area (Å²) >= 11 is 0. The van der Waals surface area contributed by atoms with E-state index in [1.54, 1.807) is 0 Å². The van der Waals surface area contributed by atoms with Gasteiger partial charge >= 0.3 is 0 Å². The van der Waals surface area contributed by atoms with Gasteiger partial charge in [-0.1, -0.05) is 13.8 Å². The summed E-state index contributed by atoms with van der Waals surface area (Å²) in [7, 11) is 0. The Morgan fingerprint density at radius 2 is 1.44 bits per heavy atom. The standard InChI is InChI=1S/C18H29N3O4/c1-3-5-14(22)19-16-7-13-8-17(10-16,20-15(23)6-4-2)12-18(9-13,11-16)21(24)25/h13H,3-12H2,1-2H3,(H,19,22)(H,20,23). The van der Waals surface area contributed by atoms with Gasteiger partial charge in [-0.15, -0.1) is 0 Å². The molecule has 0 aliphatic heterocycles. The van der Waals surface area contributed by atoms with Crippen molar-refractivity contribution in [2.75, 3.05) is 0 Å². The molecule has 140 valence electrons. The largest absolute Gasteiger partial charge is 0.350 e. The van der Waals surface area contributed by atoms with E-state index >= 15 is 0 Å². The zero-order valence-corrected chi connectivity index (χ0v) is 15.2. The van der Waals surface area contributed by atoms with E-state index in [-0.39, 0.29) is 22.7 Å². The first-order valence-electron chi connectivity index (χ1n) is 9.53. The molecular weight excluding hydrogens is 322 g/mol. The number of rotatable bonds is 7. The lowest BCUT2D eigenvalue weighted by Gasteiger charge is -2.62. The van der Waals surface area contributed by atoms with E-state index in [9.17, 15) is 19.7 Å². The van der Waals surface area contributed by atoms with Crippen LogP contribution in [0.1, 0.15) is 78.1 Å². The quantitative estimate of drug-likeness (QED) is 0.543. The van der Waals surface area contributed by atoms with E-state index in [0.717, 1.165) is 25.7 Å². The number of carbonyl (C=O) groups is 2. The average molecular weight is 351 g/mol. The van der Waals surface area contributed by atoms with Crippen LogP contribution in [0.4, 0.5) is 0 Å². The van der Waals surface area contributed by atoms with E-state index in [1.807, 2.05) is 13.8 Å². The lowest BCUT2D eigenvalue weighted by atomic mass is 9.47. The summed E-state index contributed by atoms with van der Waals surface area (Å²) in [5, 5.41) is 18.2. The third-order valence-corrected chi connectivity index (χ3v) is 6.19. The third-order valence-electron chi connectivity index (χ3n) is 6.19. The van der Waals surface area contributed by atoms with Crippen molar-refractivity contribution in [3.05, 3.63) is 10.1 Å². The Kier molecular flexibility index (Phi) is 4.54. The van der Waals surface area contributed by atoms with Crippen LogP contribution in [0.2, 0.25) is 0 Å². The topological polar surface area (TPSA) is 101 Å². The number of nitro groups is 1. The molecule has 0 heterocycles. The Hall–Kier alpha value is -1.66. The predicted molar refractivity (Wildman–Crippen MR) is 92.5 cm³/mol. The lowest BCUT2D eigenvalue weighted by molar-refractivity contribution is -0.590. The first kappa shape index (κ1) is 18.1. The molecule has 4 bridgehead atoms. The lowest BCUT2D eigenvalue weighted by Crippen LogP contribution is -2.75. The van der Waals surface area contributed by atoms with Gasteiger partial charge in [-0.05, 0) is 38.0 Å². The summed E-state index contributed by atoms with van der Waals surface area (Å²) in [5.74, 6) is 0.126. The Labute approximate surface area is 148 Å². The molecule has 4 aliphatic rings. The minimum atomic E-state index is -1.02. The first-order valence-corrected chi connectivity index (χ1v) is 9.53. The summed E-state index contributed by atoms with van der Waals surface area (Å²) in [4.78, 5) is 36.3. The van der Waals surface area contributed by atoms with E-state index in [0.29, 0.717) is 38.5 Å². The highest BCUT2D eigenvalue weighted by Gasteiger charge is 2.69. The van der Waals surface area contributed by atoms with Crippen molar-refractivity contribution in [1.82, 2.24) is 10.6 Å². The summed E-state index contributed by atoms with van der Waals surface area (Å²) in [6, 6.07) is 0. The normalized spacial score (nSPS) is 38.4. The minimum absolute atomic E-state index is 0.0296. The van der Waals surface area contributed by atoms with Crippen molar-refractivity contribution in [2.45, 2.75) is 94.7 Å². The second-order valence-corrected chi connectivity index (χ2v) is 8.65. The number of nitrogens with one attached hydrogen (secondary N) is 2. The molecule has 0 radical (unpaired) electrons. The minimum Gasteiger partial charge on any atom is -0.350 e. The number of hydrogen-bond donors (Lipinski definition) is 2. The molecule has 2 N–H and O–H groups in total. The molecule has 7 nitrogen and oxygen atoms in total. The molecule has 4 aliphatic carbocycles. The van der Waals surface area contributed by atoms with Gasteiger partial charge < -0.3 is 10.6 Å². The molecule has 0 aromatic carbocycles. The fourth-order valence-corrected chi connectivity index (χ4v) is 6.04. The molecule has 0 spiro atoms. The van der Waals surface area contributed by atoms with E-state index in [1.165, 1.54) is 0 Å². The van der Waals surface area contributed by atoms with Crippen LogP contribution in [-0.2, 0) is 9.59 Å². The van der Waals surface area contributed by atoms with Crippen LogP contribution in [0.15, 0.2) is 0 Å². The Bertz CT molecular complexity index is 555. The fraction of sp³-hybridized carbons (Fsp3) is 0.889. The maximum absolute atomic E-state index is 12.3. The summed E-state index contributed by atoms with van der Waals surface area (Å²) in [6.07, 6.45) is 5.95. The zero-order chi connectivity index (χ0) is 18.3. The Morgan fingerprint density at radius 3 is 1.84 bits per heavy atom. The Morgan fingerprint density at radius 1 is 0.960 bits per heavy atom. The van der Waals surface area contributed by atoms with E-state index in [4.69, 9.17) is 0 Å². The Balaban J connectivity index is 1.90. The average Bonchev–Trinajstić information content (AvgIpc) is 2.44. The van der Waals surface area contributed by atoms with Gasteiger partial charge in [-0.2, -0.15) is 0 Å². The molecule has 7 heteroatoms. The van der Waals surface area contributed by atoms with Crippen LogP contribution < -0.4 is 10.6 Å².